The number of anilines is 1. The summed E-state index contributed by atoms with van der Waals surface area (Å²) in [5.74, 6) is -0.164. The number of carbonyl (C=O) groups is 2. The lowest BCUT2D eigenvalue weighted by Crippen LogP contribution is -2.49. The molecule has 1 aliphatic carbocycles. The van der Waals surface area contributed by atoms with Gasteiger partial charge in [0.25, 0.3) is 0 Å². The number of nitrogens with one attached hydrogen (secondary N) is 2. The molecule has 30 heavy (non-hydrogen) atoms. The summed E-state index contributed by atoms with van der Waals surface area (Å²) in [5, 5.41) is 16.0. The second kappa shape index (κ2) is 8.83. The standard InChI is InChI=1S/C21H28N4O5/c1-21(2,3)30-20(28)24-13-6-5-12(11-16(13)26)19(27)23-15-9-10-22-14-7-8-17(29-4)25-18(14)15/h7-10,12-13,16,26H,5-6,11H2,1-4H3,(H,24,28)(H,22,23,27)/t12-,13-,16-/m1/s1. The zero-order valence-corrected chi connectivity index (χ0v) is 17.6. The predicted octanol–water partition coefficient (Wildman–Crippen LogP) is 2.63. The molecule has 3 rings (SSSR count). The summed E-state index contributed by atoms with van der Waals surface area (Å²) < 4.78 is 10.4. The van der Waals surface area contributed by atoms with Crippen LogP contribution in [0, 0.1) is 5.92 Å². The number of carbonyl (C=O) groups excluding carboxylic acids is 2. The molecule has 2 heterocycles. The highest BCUT2D eigenvalue weighted by molar-refractivity contribution is 6.00. The second-order valence-electron chi connectivity index (χ2n) is 8.40. The molecule has 2 aromatic heterocycles. The average molecular weight is 416 g/mol. The van der Waals surface area contributed by atoms with E-state index in [1.165, 1.54) is 7.11 Å². The molecule has 0 aliphatic heterocycles. The van der Waals surface area contributed by atoms with Crippen LogP contribution < -0.4 is 15.4 Å². The van der Waals surface area contributed by atoms with Crippen molar-refractivity contribution in [3.05, 3.63) is 24.4 Å². The molecule has 9 heteroatoms. The fourth-order valence-electron chi connectivity index (χ4n) is 3.47. The van der Waals surface area contributed by atoms with E-state index in [-0.39, 0.29) is 18.2 Å². The minimum absolute atomic E-state index is 0.207. The molecule has 0 aromatic carbocycles. The van der Waals surface area contributed by atoms with E-state index < -0.39 is 23.8 Å². The molecule has 162 valence electrons. The van der Waals surface area contributed by atoms with Gasteiger partial charge in [0.2, 0.25) is 11.8 Å². The predicted molar refractivity (Wildman–Crippen MR) is 111 cm³/mol. The number of nitrogens with zero attached hydrogens (tertiary/aromatic N) is 2. The second-order valence-corrected chi connectivity index (χ2v) is 8.40. The normalized spacial score (nSPS) is 21.7. The molecule has 0 saturated heterocycles. The van der Waals surface area contributed by atoms with Gasteiger partial charge in [0, 0.05) is 18.2 Å². The molecule has 3 atom stereocenters. The van der Waals surface area contributed by atoms with Crippen LogP contribution in [-0.4, -0.2) is 51.9 Å². The van der Waals surface area contributed by atoms with Gasteiger partial charge in [-0.2, -0.15) is 0 Å². The summed E-state index contributed by atoms with van der Waals surface area (Å²) in [6, 6.07) is 4.71. The monoisotopic (exact) mass is 416 g/mol. The van der Waals surface area contributed by atoms with Gasteiger partial charge in [0.15, 0.2) is 0 Å². The minimum Gasteiger partial charge on any atom is -0.481 e. The zero-order chi connectivity index (χ0) is 21.9. The molecule has 0 unspecified atom stereocenters. The van der Waals surface area contributed by atoms with Crippen LogP contribution >= 0.6 is 0 Å². The first-order valence-electron chi connectivity index (χ1n) is 9.94. The first-order chi connectivity index (χ1) is 14.2. The van der Waals surface area contributed by atoms with E-state index in [1.54, 1.807) is 45.2 Å². The summed E-state index contributed by atoms with van der Waals surface area (Å²) >= 11 is 0. The van der Waals surface area contributed by atoms with Gasteiger partial charge in [-0.25, -0.2) is 9.78 Å². The molecule has 0 radical (unpaired) electrons. The van der Waals surface area contributed by atoms with Crippen molar-refractivity contribution in [1.82, 2.24) is 15.3 Å². The van der Waals surface area contributed by atoms with Crippen molar-refractivity contribution < 1.29 is 24.2 Å². The Morgan fingerprint density at radius 1 is 1.20 bits per heavy atom. The highest BCUT2D eigenvalue weighted by Crippen LogP contribution is 2.28. The fourth-order valence-corrected chi connectivity index (χ4v) is 3.47. The number of alkyl carbamates (subject to hydrolysis) is 1. The van der Waals surface area contributed by atoms with Crippen molar-refractivity contribution in [1.29, 1.82) is 0 Å². The van der Waals surface area contributed by atoms with Gasteiger partial charge < -0.3 is 25.2 Å². The third-order valence-electron chi connectivity index (χ3n) is 4.91. The summed E-state index contributed by atoms with van der Waals surface area (Å²) in [7, 11) is 1.52. The van der Waals surface area contributed by atoms with Crippen LogP contribution in [0.15, 0.2) is 24.4 Å². The third kappa shape index (κ3) is 5.35. The van der Waals surface area contributed by atoms with Crippen molar-refractivity contribution in [3.63, 3.8) is 0 Å². The van der Waals surface area contributed by atoms with Crippen LogP contribution in [0.5, 0.6) is 5.88 Å². The number of pyridine rings is 2. The Hall–Kier alpha value is -2.94. The Morgan fingerprint density at radius 2 is 1.97 bits per heavy atom. The quantitative estimate of drug-likeness (QED) is 0.700. The number of amides is 2. The summed E-state index contributed by atoms with van der Waals surface area (Å²) in [4.78, 5) is 33.4. The Kier molecular flexibility index (Phi) is 6.40. The van der Waals surface area contributed by atoms with E-state index in [1.807, 2.05) is 0 Å². The zero-order valence-electron chi connectivity index (χ0n) is 17.6. The van der Waals surface area contributed by atoms with Crippen LogP contribution in [0.3, 0.4) is 0 Å². The largest absolute Gasteiger partial charge is 0.481 e. The van der Waals surface area contributed by atoms with Crippen molar-refractivity contribution >= 4 is 28.7 Å². The first-order valence-corrected chi connectivity index (χ1v) is 9.94. The van der Waals surface area contributed by atoms with Gasteiger partial charge in [0.1, 0.15) is 11.1 Å². The SMILES string of the molecule is COc1ccc2nccc(NC(=O)[C@@H]3CC[C@@H](NC(=O)OC(C)(C)C)[C@H](O)C3)c2n1. The maximum atomic E-state index is 12.8. The molecule has 1 saturated carbocycles. The van der Waals surface area contributed by atoms with Gasteiger partial charge in [0.05, 0.1) is 30.5 Å². The Balaban J connectivity index is 1.63. The number of ether oxygens (including phenoxy) is 2. The topological polar surface area (TPSA) is 123 Å². The lowest BCUT2D eigenvalue weighted by Gasteiger charge is -2.33. The van der Waals surface area contributed by atoms with E-state index in [4.69, 9.17) is 9.47 Å². The number of aliphatic hydroxyl groups excluding tert-OH is 1. The Labute approximate surface area is 175 Å². The molecule has 1 fully saturated rings. The molecule has 3 N–H and O–H groups in total. The fraction of sp³-hybridized carbons (Fsp3) is 0.524. The Morgan fingerprint density at radius 3 is 2.63 bits per heavy atom. The highest BCUT2D eigenvalue weighted by Gasteiger charge is 2.34. The van der Waals surface area contributed by atoms with Crippen LogP contribution in [0.4, 0.5) is 10.5 Å². The molecule has 9 nitrogen and oxygen atoms in total. The first kappa shape index (κ1) is 21.8. The van der Waals surface area contributed by atoms with Gasteiger partial charge in [-0.3, -0.25) is 9.78 Å². The summed E-state index contributed by atoms with van der Waals surface area (Å²) in [5.41, 5.74) is 1.09. The average Bonchev–Trinajstić information content (AvgIpc) is 2.68. The van der Waals surface area contributed by atoms with Crippen molar-refractivity contribution in [2.75, 3.05) is 12.4 Å². The summed E-state index contributed by atoms with van der Waals surface area (Å²) in [6.45, 7) is 5.33. The number of aliphatic hydroxyl groups is 1. The maximum Gasteiger partial charge on any atom is 0.407 e. The lowest BCUT2D eigenvalue weighted by atomic mass is 9.83. The molecule has 1 aliphatic rings. The lowest BCUT2D eigenvalue weighted by molar-refractivity contribution is -0.122. The van der Waals surface area contributed by atoms with Crippen LogP contribution in [0.25, 0.3) is 11.0 Å². The molecule has 0 bridgehead atoms. The van der Waals surface area contributed by atoms with Crippen LogP contribution in [0.1, 0.15) is 40.0 Å². The molecular formula is C21H28N4O5. The number of methoxy groups -OCH3 is 1. The number of rotatable bonds is 4. The number of hydrogen-bond donors (Lipinski definition) is 3. The van der Waals surface area contributed by atoms with Gasteiger partial charge >= 0.3 is 6.09 Å². The van der Waals surface area contributed by atoms with Gasteiger partial charge in [-0.1, -0.05) is 0 Å². The molecule has 0 spiro atoms. The van der Waals surface area contributed by atoms with Crippen molar-refractivity contribution in [2.24, 2.45) is 5.92 Å². The molecule has 2 amide bonds. The van der Waals surface area contributed by atoms with Gasteiger partial charge in [-0.15, -0.1) is 0 Å². The van der Waals surface area contributed by atoms with E-state index in [0.29, 0.717) is 35.4 Å². The van der Waals surface area contributed by atoms with Gasteiger partial charge in [-0.05, 0) is 52.2 Å². The minimum atomic E-state index is -0.838. The van der Waals surface area contributed by atoms with E-state index in [9.17, 15) is 14.7 Å². The van der Waals surface area contributed by atoms with Crippen molar-refractivity contribution in [3.8, 4) is 5.88 Å². The number of aromatic nitrogens is 2. The van der Waals surface area contributed by atoms with E-state index in [0.717, 1.165) is 0 Å². The van der Waals surface area contributed by atoms with Crippen molar-refractivity contribution in [2.45, 2.75) is 57.8 Å². The van der Waals surface area contributed by atoms with Crippen LogP contribution in [-0.2, 0) is 9.53 Å². The number of hydrogen-bond acceptors (Lipinski definition) is 7. The van der Waals surface area contributed by atoms with Crippen LogP contribution in [0.2, 0.25) is 0 Å². The van der Waals surface area contributed by atoms with E-state index >= 15 is 0 Å². The van der Waals surface area contributed by atoms with E-state index in [2.05, 4.69) is 20.6 Å². The molecule has 2 aromatic rings. The molecular weight excluding hydrogens is 388 g/mol. The Bertz CT molecular complexity index is 927. The highest BCUT2D eigenvalue weighted by atomic mass is 16.6. The third-order valence-corrected chi connectivity index (χ3v) is 4.91. The maximum absolute atomic E-state index is 12.8. The number of fused-ring (bicyclic) bond motifs is 1. The summed E-state index contributed by atoms with van der Waals surface area (Å²) in [6.07, 6.45) is 1.44. The smallest absolute Gasteiger partial charge is 0.407 e.